The largest absolute Gasteiger partial charge is 2.00 e. The summed E-state index contributed by atoms with van der Waals surface area (Å²) in [6.45, 7) is 0. The number of hydrogen-bond donors (Lipinski definition) is 1. The molecule has 0 heterocycles. The van der Waals surface area contributed by atoms with E-state index in [9.17, 15) is 13.2 Å². The van der Waals surface area contributed by atoms with Crippen LogP contribution in [0.4, 0.5) is 13.2 Å². The number of alkyl halides is 3. The molecule has 92 valence electrons. The van der Waals surface area contributed by atoms with Gasteiger partial charge in [-0.05, 0) is 57.8 Å². The first-order chi connectivity index (χ1) is 7.52. The van der Waals surface area contributed by atoms with E-state index in [1.165, 1.54) is 25.7 Å². The Morgan fingerprint density at radius 2 is 1.18 bits per heavy atom. The van der Waals surface area contributed by atoms with E-state index < -0.39 is 12.3 Å². The average Bonchev–Trinajstić information content (AvgIpc) is 2.91. The molecule has 1 atom stereocenters. The summed E-state index contributed by atoms with van der Waals surface area (Å²) in [4.78, 5) is 0. The molecular weight excluding hydrogens is 273 g/mol. The predicted octanol–water partition coefficient (Wildman–Crippen LogP) is 2.33. The van der Waals surface area contributed by atoms with Crippen LogP contribution >= 0.6 is 0 Å². The third-order valence-electron chi connectivity index (χ3n) is 1.87. The molecule has 10 radical (unpaired) electrons. The van der Waals surface area contributed by atoms with E-state index in [1.807, 2.05) is 32.1 Å². The van der Waals surface area contributed by atoms with Crippen molar-refractivity contribution >= 4 is 0 Å². The number of hydrogen-bond acceptors (Lipinski definition) is 1. The zero-order valence-corrected chi connectivity index (χ0v) is 9.81. The number of rotatable bonds is 1. The van der Waals surface area contributed by atoms with Crippen LogP contribution < -0.4 is 0 Å². The molecular formula is C12H11F3FeO+2. The topological polar surface area (TPSA) is 20.2 Å². The van der Waals surface area contributed by atoms with Crippen LogP contribution in [0.5, 0.6) is 0 Å². The molecule has 1 N–H and O–H groups in total. The summed E-state index contributed by atoms with van der Waals surface area (Å²) in [7, 11) is 0. The Hall–Kier alpha value is 0.269. The first-order valence-electron chi connectivity index (χ1n) is 4.65. The van der Waals surface area contributed by atoms with Crippen LogP contribution in [0.15, 0.2) is 0 Å². The average molecular weight is 284 g/mol. The van der Waals surface area contributed by atoms with Gasteiger partial charge < -0.3 is 5.11 Å². The van der Waals surface area contributed by atoms with Crippen molar-refractivity contribution < 1.29 is 35.3 Å². The van der Waals surface area contributed by atoms with Gasteiger partial charge in [0.05, 0.1) is 0 Å². The summed E-state index contributed by atoms with van der Waals surface area (Å²) < 4.78 is 35.3. The molecule has 0 unspecified atom stereocenters. The summed E-state index contributed by atoms with van der Waals surface area (Å²) >= 11 is 0. The standard InChI is InChI=1S/C7H6F3O.C5H5.Fe/c8-7(9,10)6(11)5-3-1-2-4-5;1-2-4-5-3-1;/h1-4,6,11H;1-5H;/q;;+2/t6-;;/m0../s1. The molecule has 2 fully saturated rings. The molecule has 0 aromatic carbocycles. The molecule has 17 heavy (non-hydrogen) atoms. The maximum atomic E-state index is 11.8. The van der Waals surface area contributed by atoms with Crippen molar-refractivity contribution in [2.75, 3.05) is 0 Å². The Balaban J connectivity index is 0.000000360. The Labute approximate surface area is 112 Å². The Morgan fingerprint density at radius 3 is 1.47 bits per heavy atom. The first kappa shape index (κ1) is 17.3. The van der Waals surface area contributed by atoms with Gasteiger partial charge in [-0.3, -0.25) is 0 Å². The molecule has 2 rings (SSSR count). The molecule has 0 saturated heterocycles. The quantitative estimate of drug-likeness (QED) is 0.733. The fraction of sp³-hybridized carbons (Fsp3) is 0.167. The number of aliphatic hydroxyl groups is 1. The van der Waals surface area contributed by atoms with Gasteiger partial charge in [0.25, 0.3) is 0 Å². The molecule has 2 aliphatic rings. The molecule has 0 aromatic heterocycles. The van der Waals surface area contributed by atoms with Crippen molar-refractivity contribution in [3.63, 3.8) is 0 Å². The number of aliphatic hydroxyl groups excluding tert-OH is 1. The fourth-order valence-corrected chi connectivity index (χ4v) is 1.08. The van der Waals surface area contributed by atoms with Crippen LogP contribution in [0.2, 0.25) is 0 Å². The minimum absolute atomic E-state index is 0. The van der Waals surface area contributed by atoms with Gasteiger partial charge in [0.15, 0.2) is 6.10 Å². The maximum Gasteiger partial charge on any atom is 2.00 e. The van der Waals surface area contributed by atoms with E-state index in [-0.39, 0.29) is 23.0 Å². The van der Waals surface area contributed by atoms with Crippen LogP contribution in [0.3, 0.4) is 0 Å². The monoisotopic (exact) mass is 284 g/mol. The summed E-state index contributed by atoms with van der Waals surface area (Å²) in [5.74, 6) is -0.113. The van der Waals surface area contributed by atoms with E-state index in [0.29, 0.717) is 0 Å². The molecule has 0 aromatic rings. The predicted molar refractivity (Wildman–Crippen MR) is 54.0 cm³/mol. The second kappa shape index (κ2) is 8.39. The molecule has 2 saturated carbocycles. The summed E-state index contributed by atoms with van der Waals surface area (Å²) in [5, 5.41) is 8.62. The minimum Gasteiger partial charge on any atom is -0.383 e. The molecule has 5 heteroatoms. The van der Waals surface area contributed by atoms with E-state index in [2.05, 4.69) is 0 Å². The van der Waals surface area contributed by atoms with Crippen molar-refractivity contribution in [1.82, 2.24) is 0 Å². The second-order valence-corrected chi connectivity index (χ2v) is 3.12. The fourth-order valence-electron chi connectivity index (χ4n) is 1.08. The van der Waals surface area contributed by atoms with Gasteiger partial charge >= 0.3 is 23.2 Å². The van der Waals surface area contributed by atoms with Crippen LogP contribution in [0.25, 0.3) is 0 Å². The molecule has 0 bridgehead atoms. The third-order valence-corrected chi connectivity index (χ3v) is 1.87. The van der Waals surface area contributed by atoms with Gasteiger partial charge in [0, 0.05) is 5.92 Å². The smallest absolute Gasteiger partial charge is 0.383 e. The molecule has 0 amide bonds. The number of halogens is 3. The van der Waals surface area contributed by atoms with Gasteiger partial charge in [-0.25, -0.2) is 0 Å². The van der Waals surface area contributed by atoms with E-state index >= 15 is 0 Å². The first-order valence-corrected chi connectivity index (χ1v) is 4.65. The van der Waals surface area contributed by atoms with E-state index in [1.54, 1.807) is 0 Å². The molecule has 0 aliphatic heterocycles. The van der Waals surface area contributed by atoms with Crippen molar-refractivity contribution in [3.05, 3.63) is 63.7 Å². The molecule has 2 aliphatic carbocycles. The van der Waals surface area contributed by atoms with Crippen LogP contribution in [0, 0.1) is 63.7 Å². The van der Waals surface area contributed by atoms with E-state index in [0.717, 1.165) is 0 Å². The minimum atomic E-state index is -4.56. The van der Waals surface area contributed by atoms with Crippen molar-refractivity contribution in [3.8, 4) is 0 Å². The zero-order valence-electron chi connectivity index (χ0n) is 8.71. The SMILES string of the molecule is O[C@@H]([C]1[CH][CH][CH][CH]1)C(F)(F)F.[CH]1[CH][CH][CH][CH]1.[Fe+2]. The van der Waals surface area contributed by atoms with Gasteiger partial charge in [0.2, 0.25) is 0 Å². The van der Waals surface area contributed by atoms with Crippen molar-refractivity contribution in [1.29, 1.82) is 0 Å². The van der Waals surface area contributed by atoms with Crippen LogP contribution in [-0.2, 0) is 17.1 Å². The summed E-state index contributed by atoms with van der Waals surface area (Å²) in [6, 6.07) is 0. The Morgan fingerprint density at radius 1 is 0.824 bits per heavy atom. The van der Waals surface area contributed by atoms with Crippen LogP contribution in [0.1, 0.15) is 0 Å². The van der Waals surface area contributed by atoms with Gasteiger partial charge in [-0.2, -0.15) is 13.2 Å². The Kier molecular flexibility index (Phi) is 8.52. The summed E-state index contributed by atoms with van der Waals surface area (Å²) in [5.41, 5.74) is 0. The van der Waals surface area contributed by atoms with Crippen LogP contribution in [-0.4, -0.2) is 17.4 Å². The Bertz CT molecular complexity index is 179. The van der Waals surface area contributed by atoms with E-state index in [4.69, 9.17) is 5.11 Å². The van der Waals surface area contributed by atoms with Crippen molar-refractivity contribution in [2.45, 2.75) is 12.3 Å². The van der Waals surface area contributed by atoms with Crippen molar-refractivity contribution in [2.24, 2.45) is 0 Å². The summed E-state index contributed by atoms with van der Waals surface area (Å²) in [6.07, 6.45) is 8.46. The van der Waals surface area contributed by atoms with Gasteiger partial charge in [-0.1, -0.05) is 0 Å². The van der Waals surface area contributed by atoms with Gasteiger partial charge in [0.1, 0.15) is 0 Å². The molecule has 1 nitrogen and oxygen atoms in total. The molecule has 0 spiro atoms. The maximum absolute atomic E-state index is 11.8. The second-order valence-electron chi connectivity index (χ2n) is 3.12. The van der Waals surface area contributed by atoms with Gasteiger partial charge in [-0.15, -0.1) is 0 Å². The zero-order chi connectivity index (χ0) is 12.0. The third kappa shape index (κ3) is 6.68. The normalized spacial score (nSPS) is 22.6.